The van der Waals surface area contributed by atoms with Crippen LogP contribution in [0.3, 0.4) is 0 Å². The third-order valence-electron chi connectivity index (χ3n) is 11.9. The molecule has 1 spiro atoms. The fraction of sp³-hybridized carbons (Fsp3) is 0.475. The number of imide groups is 1. The molecule has 1 saturated heterocycles. The highest BCUT2D eigenvalue weighted by molar-refractivity contribution is 6.21. The largest absolute Gasteiger partial charge is 0.485 e. The van der Waals surface area contributed by atoms with E-state index in [1.54, 1.807) is 51.1 Å². The second-order valence-electron chi connectivity index (χ2n) is 16.0. The van der Waals surface area contributed by atoms with Gasteiger partial charge in [0.2, 0.25) is 0 Å². The lowest BCUT2D eigenvalue weighted by Crippen LogP contribution is -2.85. The Bertz CT molecular complexity index is 1900. The smallest absolute Gasteiger partial charge is 0.311 e. The summed E-state index contributed by atoms with van der Waals surface area (Å²) in [5, 5.41) is 0. The van der Waals surface area contributed by atoms with Crippen molar-refractivity contribution in [2.24, 2.45) is 11.3 Å². The van der Waals surface area contributed by atoms with Gasteiger partial charge in [0.1, 0.15) is 23.7 Å². The van der Waals surface area contributed by atoms with E-state index in [4.69, 9.17) is 14.2 Å². The number of piperidine rings is 1. The normalized spacial score (nSPS) is 30.4. The molecule has 3 aromatic rings. The molecule has 8 nitrogen and oxygen atoms in total. The lowest BCUT2D eigenvalue weighted by molar-refractivity contribution is -0.295. The van der Waals surface area contributed by atoms with Crippen molar-refractivity contribution < 1.29 is 37.4 Å². The van der Waals surface area contributed by atoms with Crippen molar-refractivity contribution in [3.8, 4) is 11.5 Å². The van der Waals surface area contributed by atoms with Crippen molar-refractivity contribution >= 4 is 17.8 Å². The number of likely N-dealkylation sites (tertiary alicyclic amines) is 1. The number of carbonyl (C=O) groups excluding carboxylic acids is 3. The fourth-order valence-electron chi connectivity index (χ4n) is 9.59. The van der Waals surface area contributed by atoms with E-state index in [1.165, 1.54) is 0 Å². The standard InChI is InChI=1S/C40H40F2N2O6/c1-37(2,3)36(47)50-38-18-17-28(44-34(45)26-11-7-8-12-27(26)35(44)46)33-40(38)31-25(19-30(38)43(20-23-13-14-23)22-39(40,41)42)15-16-29(32(31)49-33)48-21-24-9-5-4-6-10-24/h4-12,15-16,23,28,30,33H,13-14,17-22H2,1-3H3/t28-,30+,33+,38-,40-/m1/s1. The highest BCUT2D eigenvalue weighted by Gasteiger charge is 2.85. The molecule has 3 heterocycles. The summed E-state index contributed by atoms with van der Waals surface area (Å²) < 4.78 is 55.9. The maximum absolute atomic E-state index is 18.0. The predicted octanol–water partition coefficient (Wildman–Crippen LogP) is 6.34. The second kappa shape index (κ2) is 10.6. The Kier molecular flexibility index (Phi) is 6.71. The fourth-order valence-corrected chi connectivity index (χ4v) is 9.59. The van der Waals surface area contributed by atoms with Crippen LogP contribution in [0.15, 0.2) is 66.7 Å². The molecule has 2 bridgehead atoms. The van der Waals surface area contributed by atoms with E-state index >= 15 is 8.78 Å². The zero-order valence-corrected chi connectivity index (χ0v) is 28.4. The van der Waals surface area contributed by atoms with Gasteiger partial charge in [-0.25, -0.2) is 8.78 Å². The Hall–Kier alpha value is -4.31. The molecule has 2 saturated carbocycles. The van der Waals surface area contributed by atoms with Crippen LogP contribution < -0.4 is 9.47 Å². The first-order chi connectivity index (χ1) is 23.9. The van der Waals surface area contributed by atoms with Crippen LogP contribution in [0.2, 0.25) is 0 Å². The summed E-state index contributed by atoms with van der Waals surface area (Å²) in [6.45, 7) is 5.29. The van der Waals surface area contributed by atoms with Gasteiger partial charge in [0.05, 0.1) is 35.2 Å². The molecule has 3 aliphatic heterocycles. The van der Waals surface area contributed by atoms with Crippen molar-refractivity contribution in [1.82, 2.24) is 9.80 Å². The first kappa shape index (κ1) is 31.7. The molecule has 260 valence electrons. The van der Waals surface area contributed by atoms with Crippen molar-refractivity contribution in [1.29, 1.82) is 0 Å². The summed E-state index contributed by atoms with van der Waals surface area (Å²) in [7, 11) is 0. The summed E-state index contributed by atoms with van der Waals surface area (Å²) in [6, 6.07) is 18.1. The Morgan fingerprint density at radius 2 is 1.62 bits per heavy atom. The molecule has 10 heteroatoms. The van der Waals surface area contributed by atoms with Gasteiger partial charge in [-0.3, -0.25) is 24.2 Å². The number of hydrogen-bond donors (Lipinski definition) is 0. The molecular formula is C40H40F2N2O6. The minimum absolute atomic E-state index is 0.0299. The van der Waals surface area contributed by atoms with Gasteiger partial charge < -0.3 is 14.2 Å². The Morgan fingerprint density at radius 1 is 0.940 bits per heavy atom. The maximum Gasteiger partial charge on any atom is 0.311 e. The minimum Gasteiger partial charge on any atom is -0.485 e. The van der Waals surface area contributed by atoms with Crippen molar-refractivity contribution in [3.63, 3.8) is 0 Å². The molecule has 0 aromatic heterocycles. The van der Waals surface area contributed by atoms with Gasteiger partial charge in [0.25, 0.3) is 17.7 Å². The van der Waals surface area contributed by atoms with E-state index in [2.05, 4.69) is 0 Å². The molecule has 9 rings (SSSR count). The Morgan fingerprint density at radius 3 is 2.28 bits per heavy atom. The second-order valence-corrected chi connectivity index (χ2v) is 16.0. The number of esters is 1. The van der Waals surface area contributed by atoms with Gasteiger partial charge in [-0.15, -0.1) is 0 Å². The van der Waals surface area contributed by atoms with E-state index in [1.807, 2.05) is 41.3 Å². The number of nitrogens with zero attached hydrogens (tertiary/aromatic N) is 2. The average Bonchev–Trinajstić information content (AvgIpc) is 3.76. The van der Waals surface area contributed by atoms with Crippen molar-refractivity contribution in [2.45, 2.75) is 94.6 Å². The van der Waals surface area contributed by atoms with Gasteiger partial charge in [-0.1, -0.05) is 48.5 Å². The van der Waals surface area contributed by atoms with Crippen LogP contribution in [0.5, 0.6) is 11.5 Å². The molecule has 0 radical (unpaired) electrons. The van der Waals surface area contributed by atoms with E-state index in [9.17, 15) is 14.4 Å². The van der Waals surface area contributed by atoms with Gasteiger partial charge >= 0.3 is 5.97 Å². The highest BCUT2D eigenvalue weighted by atomic mass is 19.3. The number of amides is 2. The predicted molar refractivity (Wildman–Crippen MR) is 178 cm³/mol. The van der Waals surface area contributed by atoms with Crippen LogP contribution in [0, 0.1) is 11.3 Å². The van der Waals surface area contributed by atoms with Gasteiger partial charge in [0.15, 0.2) is 11.5 Å². The van der Waals surface area contributed by atoms with E-state index < -0.39 is 64.9 Å². The molecule has 2 amide bonds. The summed E-state index contributed by atoms with van der Waals surface area (Å²) in [5.74, 6) is -4.35. The van der Waals surface area contributed by atoms with E-state index in [-0.39, 0.29) is 41.9 Å². The molecule has 6 aliphatic rings. The van der Waals surface area contributed by atoms with Crippen LogP contribution in [-0.2, 0) is 28.0 Å². The third kappa shape index (κ3) is 4.20. The van der Waals surface area contributed by atoms with Crippen molar-refractivity contribution in [3.05, 3.63) is 94.5 Å². The molecule has 3 aliphatic carbocycles. The van der Waals surface area contributed by atoms with Crippen LogP contribution >= 0.6 is 0 Å². The van der Waals surface area contributed by atoms with Gasteiger partial charge in [0, 0.05) is 12.1 Å². The summed E-state index contributed by atoms with van der Waals surface area (Å²) >= 11 is 0. The van der Waals surface area contributed by atoms with E-state index in [0.29, 0.717) is 30.2 Å². The zero-order valence-electron chi connectivity index (χ0n) is 28.4. The van der Waals surface area contributed by atoms with Crippen LogP contribution in [0.25, 0.3) is 0 Å². The Balaban J connectivity index is 1.26. The monoisotopic (exact) mass is 682 g/mol. The molecule has 0 unspecified atom stereocenters. The first-order valence-corrected chi connectivity index (χ1v) is 17.7. The minimum atomic E-state index is -3.49. The topological polar surface area (TPSA) is 85.4 Å². The molecule has 50 heavy (non-hydrogen) atoms. The number of halogens is 2. The van der Waals surface area contributed by atoms with Crippen LogP contribution in [0.1, 0.15) is 83.9 Å². The third-order valence-corrected chi connectivity index (χ3v) is 11.9. The number of carbonyl (C=O) groups is 3. The number of alkyl halides is 2. The SMILES string of the molecule is CC(C)(C)C(=O)O[C@@]12CC[C@@H](N3C(=O)c4ccccc4C3=O)[C@@H]3Oc4c(OCc5ccccc5)ccc5c4[C@@]31C(F)(F)CN(CC1CC1)[C@H]2C5. The lowest BCUT2D eigenvalue weighted by atomic mass is 9.46. The number of rotatable bonds is 7. The van der Waals surface area contributed by atoms with E-state index in [0.717, 1.165) is 23.3 Å². The quantitative estimate of drug-likeness (QED) is 0.213. The summed E-state index contributed by atoms with van der Waals surface area (Å²) in [4.78, 5) is 45.0. The summed E-state index contributed by atoms with van der Waals surface area (Å²) in [5.41, 5.74) is -2.55. The zero-order chi connectivity index (χ0) is 34.8. The first-order valence-electron chi connectivity index (χ1n) is 17.7. The molecule has 3 aromatic carbocycles. The number of fused-ring (bicyclic) bond motifs is 1. The lowest BCUT2D eigenvalue weighted by Gasteiger charge is -2.67. The van der Waals surface area contributed by atoms with Gasteiger partial charge in [-0.2, -0.15) is 0 Å². The molecule has 0 N–H and O–H groups in total. The van der Waals surface area contributed by atoms with Crippen molar-refractivity contribution in [2.75, 3.05) is 13.1 Å². The average molecular weight is 683 g/mol. The van der Waals surface area contributed by atoms with Crippen LogP contribution in [-0.4, -0.2) is 70.4 Å². The van der Waals surface area contributed by atoms with Crippen LogP contribution in [0.4, 0.5) is 8.78 Å². The molecule has 5 atom stereocenters. The number of hydrogen-bond acceptors (Lipinski definition) is 7. The molecule has 3 fully saturated rings. The molecular weight excluding hydrogens is 642 g/mol. The van der Waals surface area contributed by atoms with Gasteiger partial charge in [-0.05, 0) is 88.1 Å². The Labute approximate surface area is 289 Å². The highest BCUT2D eigenvalue weighted by Crippen LogP contribution is 2.71. The number of ether oxygens (including phenoxy) is 3. The number of benzene rings is 3. The summed E-state index contributed by atoms with van der Waals surface area (Å²) in [6.07, 6.45) is 1.10. The maximum atomic E-state index is 18.0.